The Hall–Kier alpha value is -0.190. The number of rotatable bonds is 3. The standard InChI is InChI=1S/C13H26FN3/c1-10(2)17-9-13(14)12(11(17)3)8-16-6-4-15-5-7-16/h10-13,15H,4-9H2,1-3H3/t11-,12+,13+/m1/s1. The fraction of sp³-hybridized carbons (Fsp3) is 1.00. The van der Waals surface area contributed by atoms with Crippen LogP contribution in [0.4, 0.5) is 4.39 Å². The second-order valence-electron chi connectivity index (χ2n) is 5.76. The summed E-state index contributed by atoms with van der Waals surface area (Å²) >= 11 is 0. The molecule has 0 aliphatic carbocycles. The highest BCUT2D eigenvalue weighted by atomic mass is 19.1. The van der Waals surface area contributed by atoms with Gasteiger partial charge in [-0.1, -0.05) is 0 Å². The second-order valence-corrected chi connectivity index (χ2v) is 5.76. The average Bonchev–Trinajstić information content (AvgIpc) is 2.58. The fourth-order valence-electron chi connectivity index (χ4n) is 3.19. The number of likely N-dealkylation sites (tertiary alicyclic amines) is 1. The minimum absolute atomic E-state index is 0.190. The predicted octanol–water partition coefficient (Wildman–Crippen LogP) is 0.958. The summed E-state index contributed by atoms with van der Waals surface area (Å²) in [5, 5.41) is 3.34. The van der Waals surface area contributed by atoms with Crippen LogP contribution in [0.2, 0.25) is 0 Å². The Bertz CT molecular complexity index is 241. The number of nitrogens with zero attached hydrogens (tertiary/aromatic N) is 2. The summed E-state index contributed by atoms with van der Waals surface area (Å²) in [5.41, 5.74) is 0. The number of hydrogen-bond donors (Lipinski definition) is 1. The number of piperazine rings is 1. The first-order valence-corrected chi connectivity index (χ1v) is 6.92. The van der Waals surface area contributed by atoms with Crippen molar-refractivity contribution in [1.82, 2.24) is 15.1 Å². The van der Waals surface area contributed by atoms with Crippen LogP contribution in [0.5, 0.6) is 0 Å². The Morgan fingerprint density at radius 1 is 1.29 bits per heavy atom. The molecule has 0 amide bonds. The van der Waals surface area contributed by atoms with Crippen molar-refractivity contribution < 1.29 is 4.39 Å². The Balaban J connectivity index is 1.91. The Kier molecular flexibility index (Phi) is 4.39. The predicted molar refractivity (Wildman–Crippen MR) is 69.0 cm³/mol. The van der Waals surface area contributed by atoms with Gasteiger partial charge in [-0.25, -0.2) is 4.39 Å². The van der Waals surface area contributed by atoms with E-state index in [2.05, 4.69) is 35.9 Å². The molecule has 0 radical (unpaired) electrons. The van der Waals surface area contributed by atoms with Gasteiger partial charge in [-0.15, -0.1) is 0 Å². The largest absolute Gasteiger partial charge is 0.314 e. The van der Waals surface area contributed by atoms with Crippen molar-refractivity contribution in [3.05, 3.63) is 0 Å². The fourth-order valence-corrected chi connectivity index (χ4v) is 3.19. The van der Waals surface area contributed by atoms with Crippen LogP contribution in [-0.2, 0) is 0 Å². The van der Waals surface area contributed by atoms with Crippen molar-refractivity contribution in [3.63, 3.8) is 0 Å². The summed E-state index contributed by atoms with van der Waals surface area (Å²) in [7, 11) is 0. The van der Waals surface area contributed by atoms with Gasteiger partial charge in [0.1, 0.15) is 6.17 Å². The van der Waals surface area contributed by atoms with E-state index < -0.39 is 6.17 Å². The third-order valence-corrected chi connectivity index (χ3v) is 4.33. The van der Waals surface area contributed by atoms with E-state index in [1.54, 1.807) is 0 Å². The van der Waals surface area contributed by atoms with Gasteiger partial charge in [-0.2, -0.15) is 0 Å². The van der Waals surface area contributed by atoms with E-state index in [0.29, 0.717) is 18.6 Å². The lowest BCUT2D eigenvalue weighted by molar-refractivity contribution is 0.144. The topological polar surface area (TPSA) is 18.5 Å². The molecule has 0 spiro atoms. The molecular formula is C13H26FN3. The molecule has 1 N–H and O–H groups in total. The maximum absolute atomic E-state index is 14.1. The maximum Gasteiger partial charge on any atom is 0.118 e. The van der Waals surface area contributed by atoms with Gasteiger partial charge in [0.15, 0.2) is 0 Å². The molecule has 2 aliphatic heterocycles. The first kappa shape index (κ1) is 13.2. The molecule has 0 aromatic heterocycles. The highest BCUT2D eigenvalue weighted by Gasteiger charge is 2.41. The van der Waals surface area contributed by atoms with Crippen LogP contribution in [0.15, 0.2) is 0 Å². The van der Waals surface area contributed by atoms with Gasteiger partial charge in [0.05, 0.1) is 0 Å². The minimum atomic E-state index is -0.651. The molecular weight excluding hydrogens is 217 g/mol. The number of hydrogen-bond acceptors (Lipinski definition) is 3. The van der Waals surface area contributed by atoms with Crippen molar-refractivity contribution in [1.29, 1.82) is 0 Å². The molecule has 2 saturated heterocycles. The molecule has 100 valence electrons. The molecule has 0 bridgehead atoms. The van der Waals surface area contributed by atoms with E-state index >= 15 is 0 Å². The maximum atomic E-state index is 14.1. The van der Waals surface area contributed by atoms with Gasteiger partial charge in [0.2, 0.25) is 0 Å². The molecule has 0 unspecified atom stereocenters. The Morgan fingerprint density at radius 2 is 1.94 bits per heavy atom. The molecule has 4 heteroatoms. The quantitative estimate of drug-likeness (QED) is 0.796. The van der Waals surface area contributed by atoms with Gasteiger partial charge >= 0.3 is 0 Å². The molecule has 0 aromatic carbocycles. The molecule has 0 saturated carbocycles. The SMILES string of the molecule is CC(C)N1C[C@H](F)[C@@H](CN2CCNCC2)[C@H]1C. The normalized spacial score (nSPS) is 36.9. The smallest absolute Gasteiger partial charge is 0.118 e. The first-order chi connectivity index (χ1) is 8.09. The van der Waals surface area contributed by atoms with Crippen LogP contribution in [-0.4, -0.2) is 67.3 Å². The third kappa shape index (κ3) is 2.98. The second kappa shape index (κ2) is 5.63. The zero-order valence-electron chi connectivity index (χ0n) is 11.3. The van der Waals surface area contributed by atoms with E-state index in [-0.39, 0.29) is 5.92 Å². The Morgan fingerprint density at radius 3 is 2.47 bits per heavy atom. The molecule has 17 heavy (non-hydrogen) atoms. The van der Waals surface area contributed by atoms with Crippen LogP contribution in [0.1, 0.15) is 20.8 Å². The van der Waals surface area contributed by atoms with Gasteiger partial charge in [0, 0.05) is 57.3 Å². The highest BCUT2D eigenvalue weighted by Crippen LogP contribution is 2.29. The van der Waals surface area contributed by atoms with Crippen LogP contribution >= 0.6 is 0 Å². The van der Waals surface area contributed by atoms with Crippen molar-refractivity contribution in [2.75, 3.05) is 39.3 Å². The lowest BCUT2D eigenvalue weighted by Gasteiger charge is -2.33. The molecule has 2 fully saturated rings. The van der Waals surface area contributed by atoms with Crippen LogP contribution in [0, 0.1) is 5.92 Å². The minimum Gasteiger partial charge on any atom is -0.314 e. The summed E-state index contributed by atoms with van der Waals surface area (Å²) in [6.45, 7) is 12.3. The van der Waals surface area contributed by atoms with E-state index in [0.717, 1.165) is 32.7 Å². The van der Waals surface area contributed by atoms with Gasteiger partial charge in [0.25, 0.3) is 0 Å². The monoisotopic (exact) mass is 243 g/mol. The average molecular weight is 243 g/mol. The molecule has 0 aromatic rings. The lowest BCUT2D eigenvalue weighted by Crippen LogP contribution is -2.47. The summed E-state index contributed by atoms with van der Waals surface area (Å²) in [5.74, 6) is 0.190. The summed E-state index contributed by atoms with van der Waals surface area (Å²) in [6, 6.07) is 0.830. The van der Waals surface area contributed by atoms with Gasteiger partial charge < -0.3 is 10.2 Å². The van der Waals surface area contributed by atoms with Crippen molar-refractivity contribution in [2.45, 2.75) is 39.0 Å². The van der Waals surface area contributed by atoms with Crippen LogP contribution < -0.4 is 5.32 Å². The van der Waals surface area contributed by atoms with Gasteiger partial charge in [-0.05, 0) is 20.8 Å². The zero-order valence-corrected chi connectivity index (χ0v) is 11.3. The summed E-state index contributed by atoms with van der Waals surface area (Å²) < 4.78 is 14.1. The lowest BCUT2D eigenvalue weighted by atomic mass is 9.99. The number of nitrogens with one attached hydrogen (secondary N) is 1. The van der Waals surface area contributed by atoms with E-state index in [4.69, 9.17) is 0 Å². The van der Waals surface area contributed by atoms with E-state index in [1.807, 2.05) is 0 Å². The number of halogens is 1. The summed E-state index contributed by atoms with van der Waals surface area (Å²) in [6.07, 6.45) is -0.651. The zero-order chi connectivity index (χ0) is 12.4. The molecule has 2 aliphatic rings. The van der Waals surface area contributed by atoms with Crippen LogP contribution in [0.3, 0.4) is 0 Å². The molecule has 3 atom stereocenters. The van der Waals surface area contributed by atoms with Crippen molar-refractivity contribution >= 4 is 0 Å². The highest BCUT2D eigenvalue weighted by molar-refractivity contribution is 4.94. The summed E-state index contributed by atoms with van der Waals surface area (Å²) in [4.78, 5) is 4.71. The molecule has 3 nitrogen and oxygen atoms in total. The van der Waals surface area contributed by atoms with Gasteiger partial charge in [-0.3, -0.25) is 4.90 Å². The Labute approximate surface area is 104 Å². The van der Waals surface area contributed by atoms with E-state index in [1.165, 1.54) is 0 Å². The molecule has 2 heterocycles. The van der Waals surface area contributed by atoms with E-state index in [9.17, 15) is 4.39 Å². The van der Waals surface area contributed by atoms with Crippen LogP contribution in [0.25, 0.3) is 0 Å². The number of alkyl halides is 1. The molecule has 2 rings (SSSR count). The third-order valence-electron chi connectivity index (χ3n) is 4.33. The van der Waals surface area contributed by atoms with Crippen molar-refractivity contribution in [3.8, 4) is 0 Å². The van der Waals surface area contributed by atoms with Crippen molar-refractivity contribution in [2.24, 2.45) is 5.92 Å². The first-order valence-electron chi connectivity index (χ1n) is 6.92.